The van der Waals surface area contributed by atoms with Crippen LogP contribution >= 0.6 is 0 Å². The van der Waals surface area contributed by atoms with Crippen molar-refractivity contribution in [1.82, 2.24) is 0 Å². The highest BCUT2D eigenvalue weighted by Gasteiger charge is 2.29. The first-order valence-electron chi connectivity index (χ1n) is 7.90. The summed E-state index contributed by atoms with van der Waals surface area (Å²) >= 11 is 0. The Morgan fingerprint density at radius 3 is 1.70 bits per heavy atom. The summed E-state index contributed by atoms with van der Waals surface area (Å²) in [6.45, 7) is 7.85. The number of carbonyl (C=O) groups is 3. The SMILES string of the molecule is C=C(CCC(C)C)C(=O)OC.O=C(O)C1CCC(C(=O)O)CC1. The molecular weight excluding hydrogens is 300 g/mol. The molecule has 0 aromatic rings. The zero-order valence-electron chi connectivity index (χ0n) is 14.2. The van der Waals surface area contributed by atoms with Gasteiger partial charge in [0.05, 0.1) is 18.9 Å². The summed E-state index contributed by atoms with van der Waals surface area (Å²) < 4.78 is 4.51. The highest BCUT2D eigenvalue weighted by atomic mass is 16.5. The van der Waals surface area contributed by atoms with Crippen LogP contribution in [0.1, 0.15) is 52.4 Å². The number of hydrogen-bond acceptors (Lipinski definition) is 4. The van der Waals surface area contributed by atoms with Crippen molar-refractivity contribution in [3.63, 3.8) is 0 Å². The first-order valence-corrected chi connectivity index (χ1v) is 7.90. The van der Waals surface area contributed by atoms with Gasteiger partial charge in [-0.2, -0.15) is 0 Å². The third-order valence-corrected chi connectivity index (χ3v) is 3.92. The normalized spacial score (nSPS) is 20.2. The molecule has 0 aromatic heterocycles. The Morgan fingerprint density at radius 1 is 1.04 bits per heavy atom. The summed E-state index contributed by atoms with van der Waals surface area (Å²) in [5.74, 6) is -1.90. The molecule has 0 radical (unpaired) electrons. The van der Waals surface area contributed by atoms with Gasteiger partial charge in [0.2, 0.25) is 0 Å². The van der Waals surface area contributed by atoms with Crippen LogP contribution in [0, 0.1) is 17.8 Å². The molecule has 1 aliphatic rings. The lowest BCUT2D eigenvalue weighted by Crippen LogP contribution is -2.25. The van der Waals surface area contributed by atoms with Crippen molar-refractivity contribution in [3.05, 3.63) is 12.2 Å². The number of carbonyl (C=O) groups excluding carboxylic acids is 1. The summed E-state index contributed by atoms with van der Waals surface area (Å²) in [7, 11) is 1.38. The fraction of sp³-hybridized carbons (Fsp3) is 0.706. The predicted molar refractivity (Wildman–Crippen MR) is 85.9 cm³/mol. The average Bonchev–Trinajstić information content (AvgIpc) is 2.52. The highest BCUT2D eigenvalue weighted by Crippen LogP contribution is 2.28. The van der Waals surface area contributed by atoms with Gasteiger partial charge in [0, 0.05) is 5.57 Å². The van der Waals surface area contributed by atoms with E-state index in [2.05, 4.69) is 25.2 Å². The minimum Gasteiger partial charge on any atom is -0.481 e. The van der Waals surface area contributed by atoms with E-state index in [9.17, 15) is 14.4 Å². The molecule has 2 N–H and O–H groups in total. The Morgan fingerprint density at radius 2 is 1.43 bits per heavy atom. The van der Waals surface area contributed by atoms with Crippen molar-refractivity contribution in [1.29, 1.82) is 0 Å². The molecule has 1 fully saturated rings. The van der Waals surface area contributed by atoms with E-state index in [4.69, 9.17) is 10.2 Å². The van der Waals surface area contributed by atoms with Gasteiger partial charge in [-0.3, -0.25) is 9.59 Å². The molecule has 0 aromatic carbocycles. The van der Waals surface area contributed by atoms with E-state index in [1.807, 2.05) is 0 Å². The monoisotopic (exact) mass is 328 g/mol. The van der Waals surface area contributed by atoms with Crippen molar-refractivity contribution in [2.24, 2.45) is 17.8 Å². The number of methoxy groups -OCH3 is 1. The maximum absolute atomic E-state index is 10.8. The summed E-state index contributed by atoms with van der Waals surface area (Å²) in [5.41, 5.74) is 0.571. The molecule has 0 amide bonds. The van der Waals surface area contributed by atoms with Crippen LogP contribution in [0.5, 0.6) is 0 Å². The van der Waals surface area contributed by atoms with Crippen LogP contribution in [-0.4, -0.2) is 35.2 Å². The minimum atomic E-state index is -0.793. The molecular formula is C17H28O6. The van der Waals surface area contributed by atoms with E-state index < -0.39 is 11.9 Å². The fourth-order valence-electron chi connectivity index (χ4n) is 2.30. The average molecular weight is 328 g/mol. The van der Waals surface area contributed by atoms with E-state index in [1.54, 1.807) is 0 Å². The Kier molecular flexibility index (Phi) is 9.94. The third kappa shape index (κ3) is 9.01. The van der Waals surface area contributed by atoms with Gasteiger partial charge in [-0.05, 0) is 44.4 Å². The van der Waals surface area contributed by atoms with Gasteiger partial charge in [-0.15, -0.1) is 0 Å². The summed E-state index contributed by atoms with van der Waals surface area (Å²) in [5, 5.41) is 17.2. The van der Waals surface area contributed by atoms with Gasteiger partial charge in [0.15, 0.2) is 0 Å². The smallest absolute Gasteiger partial charge is 0.333 e. The van der Waals surface area contributed by atoms with Crippen LogP contribution in [0.2, 0.25) is 0 Å². The van der Waals surface area contributed by atoms with Crippen molar-refractivity contribution in [2.75, 3.05) is 7.11 Å². The van der Waals surface area contributed by atoms with Gasteiger partial charge in [0.1, 0.15) is 0 Å². The lowest BCUT2D eigenvalue weighted by Gasteiger charge is -2.22. The summed E-state index contributed by atoms with van der Waals surface area (Å²) in [6, 6.07) is 0. The number of aliphatic carboxylic acids is 2. The van der Waals surface area contributed by atoms with Crippen LogP contribution in [0.4, 0.5) is 0 Å². The van der Waals surface area contributed by atoms with Crippen LogP contribution in [0.25, 0.3) is 0 Å². The summed E-state index contributed by atoms with van der Waals surface area (Å²) in [4.78, 5) is 31.8. The second kappa shape index (κ2) is 10.8. The van der Waals surface area contributed by atoms with Crippen molar-refractivity contribution in [2.45, 2.75) is 52.4 Å². The number of rotatable bonds is 6. The topological polar surface area (TPSA) is 101 Å². The van der Waals surface area contributed by atoms with Crippen molar-refractivity contribution < 1.29 is 29.3 Å². The first kappa shape index (κ1) is 21.1. The van der Waals surface area contributed by atoms with Gasteiger partial charge < -0.3 is 14.9 Å². The Hall–Kier alpha value is -1.85. The van der Waals surface area contributed by atoms with Gasteiger partial charge in [0.25, 0.3) is 0 Å². The van der Waals surface area contributed by atoms with Crippen molar-refractivity contribution in [3.8, 4) is 0 Å². The predicted octanol–water partition coefficient (Wildman–Crippen LogP) is 3.11. The van der Waals surface area contributed by atoms with Gasteiger partial charge in [-0.25, -0.2) is 4.79 Å². The third-order valence-electron chi connectivity index (χ3n) is 3.92. The molecule has 0 heterocycles. The maximum Gasteiger partial charge on any atom is 0.333 e. The first-order chi connectivity index (χ1) is 10.7. The maximum atomic E-state index is 10.8. The molecule has 1 saturated carbocycles. The Labute approximate surface area is 137 Å². The van der Waals surface area contributed by atoms with E-state index >= 15 is 0 Å². The molecule has 6 nitrogen and oxygen atoms in total. The molecule has 6 heteroatoms. The van der Waals surface area contributed by atoms with Crippen LogP contribution < -0.4 is 0 Å². The number of esters is 1. The second-order valence-electron chi connectivity index (χ2n) is 6.25. The molecule has 0 bridgehead atoms. The highest BCUT2D eigenvalue weighted by molar-refractivity contribution is 5.87. The molecule has 1 aliphatic carbocycles. The van der Waals surface area contributed by atoms with Gasteiger partial charge in [-0.1, -0.05) is 20.4 Å². The largest absolute Gasteiger partial charge is 0.481 e. The molecule has 0 unspecified atom stereocenters. The molecule has 0 spiro atoms. The summed E-state index contributed by atoms with van der Waals surface area (Å²) in [6.07, 6.45) is 3.76. The van der Waals surface area contributed by atoms with E-state index in [0.717, 1.165) is 12.8 Å². The lowest BCUT2D eigenvalue weighted by atomic mass is 9.82. The second-order valence-corrected chi connectivity index (χ2v) is 6.25. The Balaban J connectivity index is 0.000000423. The number of carboxylic acid groups (broad SMARTS) is 2. The van der Waals surface area contributed by atoms with Crippen LogP contribution in [0.15, 0.2) is 12.2 Å². The standard InChI is InChI=1S/C9H16O2.C8H12O4/c1-7(2)5-6-8(3)9(10)11-4;9-7(10)5-1-2-6(4-3-5)8(11)12/h7H,3,5-6H2,1-2,4H3;5-6H,1-4H2,(H,9,10)(H,11,12). The van der Waals surface area contributed by atoms with E-state index in [-0.39, 0.29) is 17.8 Å². The number of ether oxygens (including phenoxy) is 1. The van der Waals surface area contributed by atoms with Crippen molar-refractivity contribution >= 4 is 17.9 Å². The molecule has 0 aliphatic heterocycles. The minimum absolute atomic E-state index is 0.286. The van der Waals surface area contributed by atoms with Crippen LogP contribution in [0.3, 0.4) is 0 Å². The van der Waals surface area contributed by atoms with Crippen LogP contribution in [-0.2, 0) is 19.1 Å². The Bertz CT molecular complexity index is 397. The lowest BCUT2D eigenvalue weighted by molar-refractivity contribution is -0.148. The van der Waals surface area contributed by atoms with E-state index in [0.29, 0.717) is 37.2 Å². The number of hydrogen-bond donors (Lipinski definition) is 2. The van der Waals surface area contributed by atoms with E-state index in [1.165, 1.54) is 7.11 Å². The zero-order chi connectivity index (χ0) is 18.0. The molecule has 0 saturated heterocycles. The number of carboxylic acids is 2. The zero-order valence-corrected chi connectivity index (χ0v) is 14.2. The molecule has 0 atom stereocenters. The molecule has 23 heavy (non-hydrogen) atoms. The van der Waals surface area contributed by atoms with Gasteiger partial charge >= 0.3 is 17.9 Å². The quantitative estimate of drug-likeness (QED) is 0.574. The fourth-order valence-corrected chi connectivity index (χ4v) is 2.30. The molecule has 1 rings (SSSR count). The molecule has 132 valence electrons.